The van der Waals surface area contributed by atoms with Crippen molar-refractivity contribution in [2.45, 2.75) is 6.92 Å². The van der Waals surface area contributed by atoms with Crippen molar-refractivity contribution >= 4 is 17.4 Å². The van der Waals surface area contributed by atoms with E-state index in [4.69, 9.17) is 25.8 Å². The molecule has 0 fully saturated rings. The van der Waals surface area contributed by atoms with Crippen LogP contribution in [0.4, 0.5) is 0 Å². The molecule has 0 atom stereocenters. The van der Waals surface area contributed by atoms with Crippen LogP contribution in [-0.2, 0) is 0 Å². The topological polar surface area (TPSA) is 44.8 Å². The average Bonchev–Trinajstić information content (AvgIpc) is 2.47. The first kappa shape index (κ1) is 15.2. The molecule has 0 aliphatic heterocycles. The minimum Gasteiger partial charge on any atom is -0.493 e. The number of benzene rings is 2. The lowest BCUT2D eigenvalue weighted by Crippen LogP contribution is -1.96. The molecular formula is C16H15ClO4. The quantitative estimate of drug-likeness (QED) is 0.770. The van der Waals surface area contributed by atoms with Gasteiger partial charge < -0.3 is 14.2 Å². The van der Waals surface area contributed by atoms with Gasteiger partial charge in [-0.3, -0.25) is 4.79 Å². The molecule has 4 nitrogen and oxygen atoms in total. The summed E-state index contributed by atoms with van der Waals surface area (Å²) < 4.78 is 16.3. The van der Waals surface area contributed by atoms with Crippen LogP contribution in [0.1, 0.15) is 17.3 Å². The molecule has 2 rings (SSSR count). The van der Waals surface area contributed by atoms with Crippen LogP contribution in [0.15, 0.2) is 36.4 Å². The van der Waals surface area contributed by atoms with Gasteiger partial charge in [0.05, 0.1) is 19.2 Å². The molecule has 0 heterocycles. The zero-order chi connectivity index (χ0) is 15.4. The Kier molecular flexibility index (Phi) is 4.70. The van der Waals surface area contributed by atoms with E-state index in [9.17, 15) is 4.79 Å². The van der Waals surface area contributed by atoms with Crippen LogP contribution in [0.25, 0.3) is 0 Å². The summed E-state index contributed by atoms with van der Waals surface area (Å²) >= 11 is 6.07. The highest BCUT2D eigenvalue weighted by Crippen LogP contribution is 2.40. The van der Waals surface area contributed by atoms with E-state index in [1.807, 2.05) is 0 Å². The molecule has 0 amide bonds. The summed E-state index contributed by atoms with van der Waals surface area (Å²) in [5, 5.41) is 0.342. The molecule has 0 saturated heterocycles. The van der Waals surface area contributed by atoms with Crippen molar-refractivity contribution in [1.82, 2.24) is 0 Å². The summed E-state index contributed by atoms with van der Waals surface area (Å²) in [4.78, 5) is 11.4. The number of hydrogen-bond acceptors (Lipinski definition) is 4. The molecule has 2 aromatic carbocycles. The minimum absolute atomic E-state index is 0.0959. The van der Waals surface area contributed by atoms with Crippen LogP contribution in [-0.4, -0.2) is 20.0 Å². The van der Waals surface area contributed by atoms with Gasteiger partial charge in [0, 0.05) is 11.6 Å². The van der Waals surface area contributed by atoms with Crippen molar-refractivity contribution < 1.29 is 19.0 Å². The highest BCUT2D eigenvalue weighted by molar-refractivity contribution is 6.34. The van der Waals surface area contributed by atoms with E-state index < -0.39 is 0 Å². The van der Waals surface area contributed by atoms with E-state index in [1.54, 1.807) is 50.6 Å². The van der Waals surface area contributed by atoms with Gasteiger partial charge in [0.25, 0.3) is 0 Å². The van der Waals surface area contributed by atoms with E-state index in [0.29, 0.717) is 33.6 Å². The lowest BCUT2D eigenvalue weighted by molar-refractivity contribution is 0.101. The van der Waals surface area contributed by atoms with Gasteiger partial charge in [-0.25, -0.2) is 0 Å². The van der Waals surface area contributed by atoms with Crippen molar-refractivity contribution in [2.75, 3.05) is 14.2 Å². The third-order valence-corrected chi connectivity index (χ3v) is 3.24. The summed E-state index contributed by atoms with van der Waals surface area (Å²) in [5.41, 5.74) is 0.455. The Balaban J connectivity index is 2.38. The predicted octanol–water partition coefficient (Wildman–Crippen LogP) is 4.35. The number of hydrogen-bond donors (Lipinski definition) is 0. The third kappa shape index (κ3) is 3.28. The standard InChI is InChI=1S/C16H15ClO4/c1-10(18)12-8-7-11(9-13(12)17)21-16-14(19-2)5-4-6-15(16)20-3/h4-9H,1-3H3. The Morgan fingerprint density at radius 1 is 1.05 bits per heavy atom. The average molecular weight is 307 g/mol. The van der Waals surface area contributed by atoms with Gasteiger partial charge in [-0.05, 0) is 31.2 Å². The minimum atomic E-state index is -0.0959. The van der Waals surface area contributed by atoms with Crippen molar-refractivity contribution in [3.63, 3.8) is 0 Å². The molecule has 110 valence electrons. The van der Waals surface area contributed by atoms with Crippen molar-refractivity contribution in [2.24, 2.45) is 0 Å². The Morgan fingerprint density at radius 2 is 1.67 bits per heavy atom. The van der Waals surface area contributed by atoms with Crippen molar-refractivity contribution in [3.05, 3.63) is 47.0 Å². The van der Waals surface area contributed by atoms with Crippen LogP contribution in [0.5, 0.6) is 23.0 Å². The fourth-order valence-electron chi connectivity index (χ4n) is 1.88. The number of carbonyl (C=O) groups excluding carboxylic acids is 1. The number of ether oxygens (including phenoxy) is 3. The molecule has 0 bridgehead atoms. The maximum absolute atomic E-state index is 11.4. The molecule has 21 heavy (non-hydrogen) atoms. The fourth-order valence-corrected chi connectivity index (χ4v) is 2.18. The van der Waals surface area contributed by atoms with Crippen LogP contribution in [0.3, 0.4) is 0 Å². The van der Waals surface area contributed by atoms with Gasteiger partial charge in [-0.1, -0.05) is 17.7 Å². The summed E-state index contributed by atoms with van der Waals surface area (Å²) in [7, 11) is 3.10. The van der Waals surface area contributed by atoms with Crippen LogP contribution in [0, 0.1) is 0 Å². The van der Waals surface area contributed by atoms with E-state index in [0.717, 1.165) is 0 Å². The molecule has 0 radical (unpaired) electrons. The molecule has 0 aliphatic rings. The first-order valence-corrected chi connectivity index (χ1v) is 6.64. The summed E-state index contributed by atoms with van der Waals surface area (Å²) in [5.74, 6) is 1.94. The lowest BCUT2D eigenvalue weighted by atomic mass is 10.1. The second kappa shape index (κ2) is 6.50. The largest absolute Gasteiger partial charge is 0.493 e. The molecule has 5 heteroatoms. The smallest absolute Gasteiger partial charge is 0.210 e. The number of Topliss-reactive ketones (excluding diaryl/α,β-unsaturated/α-hetero) is 1. The van der Waals surface area contributed by atoms with E-state index in [-0.39, 0.29) is 5.78 Å². The second-order valence-electron chi connectivity index (χ2n) is 4.29. The Bertz CT molecular complexity index is 645. The maximum Gasteiger partial charge on any atom is 0.210 e. The molecule has 0 unspecified atom stereocenters. The van der Waals surface area contributed by atoms with E-state index in [1.165, 1.54) is 6.92 Å². The molecule has 0 aliphatic carbocycles. The van der Waals surface area contributed by atoms with Gasteiger partial charge in [0.2, 0.25) is 5.75 Å². The van der Waals surface area contributed by atoms with Crippen molar-refractivity contribution in [3.8, 4) is 23.0 Å². The fraction of sp³-hybridized carbons (Fsp3) is 0.188. The van der Waals surface area contributed by atoms with Gasteiger partial charge in [-0.15, -0.1) is 0 Å². The first-order valence-electron chi connectivity index (χ1n) is 6.26. The van der Waals surface area contributed by atoms with E-state index >= 15 is 0 Å². The number of methoxy groups -OCH3 is 2. The van der Waals surface area contributed by atoms with Gasteiger partial charge in [0.15, 0.2) is 17.3 Å². The predicted molar refractivity (Wildman–Crippen MR) is 81.1 cm³/mol. The summed E-state index contributed by atoms with van der Waals surface area (Å²) in [6, 6.07) is 10.2. The number of para-hydroxylation sites is 1. The molecule has 2 aromatic rings. The number of ketones is 1. The second-order valence-corrected chi connectivity index (χ2v) is 4.70. The SMILES string of the molecule is COc1cccc(OC)c1Oc1ccc(C(C)=O)c(Cl)c1. The highest BCUT2D eigenvalue weighted by atomic mass is 35.5. The Morgan fingerprint density at radius 3 is 2.14 bits per heavy atom. The summed E-state index contributed by atoms with van der Waals surface area (Å²) in [6.07, 6.45) is 0. The van der Waals surface area contributed by atoms with E-state index in [2.05, 4.69) is 0 Å². The zero-order valence-electron chi connectivity index (χ0n) is 12.0. The number of halogens is 1. The van der Waals surface area contributed by atoms with Crippen LogP contribution >= 0.6 is 11.6 Å². The van der Waals surface area contributed by atoms with Crippen LogP contribution < -0.4 is 14.2 Å². The normalized spacial score (nSPS) is 10.1. The van der Waals surface area contributed by atoms with Gasteiger partial charge in [0.1, 0.15) is 5.75 Å². The lowest BCUT2D eigenvalue weighted by Gasteiger charge is -2.14. The Hall–Kier alpha value is -2.20. The third-order valence-electron chi connectivity index (χ3n) is 2.92. The molecular weight excluding hydrogens is 292 g/mol. The zero-order valence-corrected chi connectivity index (χ0v) is 12.7. The molecule has 0 N–H and O–H groups in total. The maximum atomic E-state index is 11.4. The molecule has 0 spiro atoms. The van der Waals surface area contributed by atoms with Gasteiger partial charge in [-0.2, -0.15) is 0 Å². The highest BCUT2D eigenvalue weighted by Gasteiger charge is 2.14. The van der Waals surface area contributed by atoms with Gasteiger partial charge >= 0.3 is 0 Å². The monoisotopic (exact) mass is 306 g/mol. The number of carbonyl (C=O) groups is 1. The van der Waals surface area contributed by atoms with Crippen molar-refractivity contribution in [1.29, 1.82) is 0 Å². The van der Waals surface area contributed by atoms with Crippen LogP contribution in [0.2, 0.25) is 5.02 Å². The summed E-state index contributed by atoms with van der Waals surface area (Å²) in [6.45, 7) is 1.46. The molecule has 0 aromatic heterocycles. The first-order chi connectivity index (χ1) is 10.1. The number of rotatable bonds is 5. The Labute approximate surface area is 128 Å². The molecule has 0 saturated carbocycles.